The molecule has 0 aliphatic heterocycles. The molecule has 0 saturated heterocycles. The predicted molar refractivity (Wildman–Crippen MR) is 66.4 cm³/mol. The number of carbonyl (C=O) groups excluding carboxylic acids is 1. The molecular weight excluding hydrogens is 214 g/mol. The van der Waals surface area contributed by atoms with Crippen molar-refractivity contribution in [3.05, 3.63) is 30.1 Å². The lowest BCUT2D eigenvalue weighted by Crippen LogP contribution is -2.38. The first-order chi connectivity index (χ1) is 8.29. The van der Waals surface area contributed by atoms with E-state index in [1.807, 2.05) is 24.0 Å². The number of amides is 1. The van der Waals surface area contributed by atoms with Gasteiger partial charge in [0, 0.05) is 31.5 Å². The molecule has 0 atom stereocenters. The van der Waals surface area contributed by atoms with Gasteiger partial charge >= 0.3 is 0 Å². The average Bonchev–Trinajstić information content (AvgIpc) is 3.18. The number of pyridine rings is 1. The first-order valence-corrected chi connectivity index (χ1v) is 6.19. The van der Waals surface area contributed by atoms with E-state index in [1.54, 1.807) is 12.4 Å². The molecule has 4 heteroatoms. The van der Waals surface area contributed by atoms with Crippen LogP contribution in [-0.4, -0.2) is 34.9 Å². The fourth-order valence-electron chi connectivity index (χ4n) is 1.72. The highest BCUT2D eigenvalue weighted by atomic mass is 16.2. The van der Waals surface area contributed by atoms with Crippen LogP contribution in [-0.2, 0) is 11.3 Å². The van der Waals surface area contributed by atoms with Crippen molar-refractivity contribution in [1.82, 2.24) is 15.2 Å². The number of likely N-dealkylation sites (N-methyl/N-ethyl adjacent to an activating group) is 1. The Labute approximate surface area is 102 Å². The van der Waals surface area contributed by atoms with Gasteiger partial charge in [-0.25, -0.2) is 0 Å². The predicted octanol–water partition coefficient (Wildman–Crippen LogP) is 1.18. The molecule has 1 saturated carbocycles. The number of rotatable bonds is 6. The maximum absolute atomic E-state index is 12.0. The Morgan fingerprint density at radius 1 is 1.47 bits per heavy atom. The van der Waals surface area contributed by atoms with Crippen LogP contribution >= 0.6 is 0 Å². The Morgan fingerprint density at radius 2 is 2.18 bits per heavy atom. The number of hydrogen-bond acceptors (Lipinski definition) is 3. The Bertz CT molecular complexity index is 362. The van der Waals surface area contributed by atoms with Crippen LogP contribution in [0, 0.1) is 0 Å². The average molecular weight is 233 g/mol. The molecule has 0 spiro atoms. The second-order valence-corrected chi connectivity index (χ2v) is 4.42. The molecule has 0 unspecified atom stereocenters. The third-order valence-corrected chi connectivity index (χ3v) is 2.98. The molecule has 2 rings (SSSR count). The SMILES string of the molecule is CCN(Cc1ccncc1)C(=O)CNC1CC1. The third-order valence-electron chi connectivity index (χ3n) is 2.98. The number of aromatic nitrogens is 1. The van der Waals surface area contributed by atoms with E-state index in [-0.39, 0.29) is 5.91 Å². The summed E-state index contributed by atoms with van der Waals surface area (Å²) in [5.41, 5.74) is 1.13. The van der Waals surface area contributed by atoms with Gasteiger partial charge in [-0.1, -0.05) is 0 Å². The van der Waals surface area contributed by atoms with E-state index < -0.39 is 0 Å². The Hall–Kier alpha value is -1.42. The molecule has 1 amide bonds. The van der Waals surface area contributed by atoms with E-state index in [9.17, 15) is 4.79 Å². The second kappa shape index (κ2) is 5.77. The van der Waals surface area contributed by atoms with Crippen LogP contribution in [0.15, 0.2) is 24.5 Å². The quantitative estimate of drug-likeness (QED) is 0.802. The van der Waals surface area contributed by atoms with E-state index in [1.165, 1.54) is 12.8 Å². The van der Waals surface area contributed by atoms with Gasteiger partial charge < -0.3 is 10.2 Å². The van der Waals surface area contributed by atoms with Crippen LogP contribution in [0.25, 0.3) is 0 Å². The van der Waals surface area contributed by atoms with Gasteiger partial charge in [0.05, 0.1) is 6.54 Å². The zero-order valence-electron chi connectivity index (χ0n) is 10.2. The number of carbonyl (C=O) groups is 1. The molecule has 1 fully saturated rings. The Balaban J connectivity index is 1.84. The van der Waals surface area contributed by atoms with Gasteiger partial charge in [0.15, 0.2) is 0 Å². The van der Waals surface area contributed by atoms with E-state index in [0.29, 0.717) is 19.1 Å². The third kappa shape index (κ3) is 3.82. The summed E-state index contributed by atoms with van der Waals surface area (Å²) in [6.45, 7) is 3.89. The molecule has 1 aromatic heterocycles. The highest BCUT2D eigenvalue weighted by molar-refractivity contribution is 5.78. The summed E-state index contributed by atoms with van der Waals surface area (Å²) in [4.78, 5) is 17.8. The minimum atomic E-state index is 0.177. The molecule has 17 heavy (non-hydrogen) atoms. The Kier molecular flexibility index (Phi) is 4.09. The molecule has 0 radical (unpaired) electrons. The van der Waals surface area contributed by atoms with Gasteiger partial charge in [0.25, 0.3) is 0 Å². The van der Waals surface area contributed by atoms with Crippen molar-refractivity contribution in [3.63, 3.8) is 0 Å². The van der Waals surface area contributed by atoms with Gasteiger partial charge in [-0.15, -0.1) is 0 Å². The highest BCUT2D eigenvalue weighted by Crippen LogP contribution is 2.18. The van der Waals surface area contributed by atoms with Crippen LogP contribution < -0.4 is 5.32 Å². The van der Waals surface area contributed by atoms with Crippen molar-refractivity contribution in [2.75, 3.05) is 13.1 Å². The van der Waals surface area contributed by atoms with Crippen molar-refractivity contribution in [2.24, 2.45) is 0 Å². The normalized spacial score (nSPS) is 14.6. The van der Waals surface area contributed by atoms with Crippen molar-refractivity contribution in [3.8, 4) is 0 Å². The van der Waals surface area contributed by atoms with Crippen molar-refractivity contribution >= 4 is 5.91 Å². The molecular formula is C13H19N3O. The standard InChI is InChI=1S/C13H19N3O/c1-2-16(10-11-5-7-14-8-6-11)13(17)9-15-12-3-4-12/h5-8,12,15H,2-4,9-10H2,1H3. The topological polar surface area (TPSA) is 45.2 Å². The Morgan fingerprint density at radius 3 is 2.76 bits per heavy atom. The summed E-state index contributed by atoms with van der Waals surface area (Å²) in [7, 11) is 0. The molecule has 1 aliphatic rings. The summed E-state index contributed by atoms with van der Waals surface area (Å²) in [5, 5.41) is 3.25. The monoisotopic (exact) mass is 233 g/mol. The smallest absolute Gasteiger partial charge is 0.236 e. The van der Waals surface area contributed by atoms with Gasteiger partial charge in [-0.3, -0.25) is 9.78 Å². The molecule has 1 heterocycles. The lowest BCUT2D eigenvalue weighted by Gasteiger charge is -2.21. The van der Waals surface area contributed by atoms with Gasteiger partial charge in [0.2, 0.25) is 5.91 Å². The molecule has 0 aromatic carbocycles. The molecule has 1 N–H and O–H groups in total. The zero-order valence-corrected chi connectivity index (χ0v) is 10.2. The maximum atomic E-state index is 12.0. The lowest BCUT2D eigenvalue weighted by atomic mass is 10.2. The summed E-state index contributed by atoms with van der Waals surface area (Å²) >= 11 is 0. The van der Waals surface area contributed by atoms with E-state index in [0.717, 1.165) is 12.1 Å². The molecule has 1 aromatic rings. The van der Waals surface area contributed by atoms with Crippen LogP contribution in [0.4, 0.5) is 0 Å². The molecule has 4 nitrogen and oxygen atoms in total. The fraction of sp³-hybridized carbons (Fsp3) is 0.538. The van der Waals surface area contributed by atoms with Crippen LogP contribution in [0.3, 0.4) is 0 Å². The van der Waals surface area contributed by atoms with E-state index in [2.05, 4.69) is 10.3 Å². The van der Waals surface area contributed by atoms with Crippen molar-refractivity contribution in [2.45, 2.75) is 32.4 Å². The lowest BCUT2D eigenvalue weighted by molar-refractivity contribution is -0.130. The molecule has 0 bridgehead atoms. The van der Waals surface area contributed by atoms with Crippen LogP contribution in [0.2, 0.25) is 0 Å². The number of hydrogen-bond donors (Lipinski definition) is 1. The van der Waals surface area contributed by atoms with E-state index in [4.69, 9.17) is 0 Å². The summed E-state index contributed by atoms with van der Waals surface area (Å²) in [6, 6.07) is 4.48. The summed E-state index contributed by atoms with van der Waals surface area (Å²) in [5.74, 6) is 0.177. The second-order valence-electron chi connectivity index (χ2n) is 4.42. The van der Waals surface area contributed by atoms with Crippen molar-refractivity contribution in [1.29, 1.82) is 0 Å². The largest absolute Gasteiger partial charge is 0.338 e. The highest BCUT2D eigenvalue weighted by Gasteiger charge is 2.22. The van der Waals surface area contributed by atoms with Gasteiger partial charge in [0.1, 0.15) is 0 Å². The number of nitrogens with zero attached hydrogens (tertiary/aromatic N) is 2. The van der Waals surface area contributed by atoms with Gasteiger partial charge in [-0.2, -0.15) is 0 Å². The maximum Gasteiger partial charge on any atom is 0.236 e. The van der Waals surface area contributed by atoms with Crippen molar-refractivity contribution < 1.29 is 4.79 Å². The minimum absolute atomic E-state index is 0.177. The zero-order chi connectivity index (χ0) is 12.1. The first kappa shape index (κ1) is 12.0. The summed E-state index contributed by atoms with van der Waals surface area (Å²) < 4.78 is 0. The number of nitrogens with one attached hydrogen (secondary N) is 1. The molecule has 92 valence electrons. The minimum Gasteiger partial charge on any atom is -0.338 e. The fourth-order valence-corrected chi connectivity index (χ4v) is 1.72. The molecule has 1 aliphatic carbocycles. The van der Waals surface area contributed by atoms with Gasteiger partial charge in [-0.05, 0) is 37.5 Å². The summed E-state index contributed by atoms with van der Waals surface area (Å²) in [6.07, 6.45) is 5.94. The van der Waals surface area contributed by atoms with Crippen LogP contribution in [0.1, 0.15) is 25.3 Å². The van der Waals surface area contributed by atoms with Crippen LogP contribution in [0.5, 0.6) is 0 Å². The van der Waals surface area contributed by atoms with E-state index >= 15 is 0 Å². The first-order valence-electron chi connectivity index (χ1n) is 6.19.